The predicted molar refractivity (Wildman–Crippen MR) is 129 cm³/mol. The van der Waals surface area contributed by atoms with Crippen molar-refractivity contribution >= 4 is 43.8 Å². The first-order chi connectivity index (χ1) is 16.3. The highest BCUT2D eigenvalue weighted by Gasteiger charge is 2.19. The number of azo groups is 1. The van der Waals surface area contributed by atoms with Gasteiger partial charge in [0, 0.05) is 22.0 Å². The van der Waals surface area contributed by atoms with Crippen molar-refractivity contribution in [3.63, 3.8) is 0 Å². The van der Waals surface area contributed by atoms with Gasteiger partial charge >= 0.3 is 0 Å². The van der Waals surface area contributed by atoms with Gasteiger partial charge in [0.05, 0.1) is 17.7 Å². The molecule has 0 saturated heterocycles. The first kappa shape index (κ1) is 22.7. The van der Waals surface area contributed by atoms with Crippen LogP contribution in [0.1, 0.15) is 10.4 Å². The van der Waals surface area contributed by atoms with E-state index in [0.29, 0.717) is 22.2 Å². The van der Waals surface area contributed by atoms with Crippen LogP contribution in [0, 0.1) is 0 Å². The highest BCUT2D eigenvalue weighted by atomic mass is 32.2. The van der Waals surface area contributed by atoms with Gasteiger partial charge in [-0.25, -0.2) is 8.42 Å². The lowest BCUT2D eigenvalue weighted by Crippen LogP contribution is -2.13. The summed E-state index contributed by atoms with van der Waals surface area (Å²) < 4.78 is 33.6. The number of ether oxygens (including phenoxy) is 1. The maximum absolute atomic E-state index is 13.0. The Morgan fingerprint density at radius 3 is 2.35 bits per heavy atom. The van der Waals surface area contributed by atoms with E-state index in [4.69, 9.17) is 10.5 Å². The number of anilines is 2. The smallest absolute Gasteiger partial charge is 0.295 e. The minimum atomic E-state index is -3.98. The molecule has 0 aliphatic carbocycles. The van der Waals surface area contributed by atoms with Gasteiger partial charge in [-0.1, -0.05) is 30.3 Å². The number of nitrogen functional groups attached to an aromatic ring is 1. The van der Waals surface area contributed by atoms with Crippen LogP contribution in [0.2, 0.25) is 0 Å². The molecular formula is C24H20N4O5S. The lowest BCUT2D eigenvalue weighted by atomic mass is 10.1. The van der Waals surface area contributed by atoms with E-state index < -0.39 is 15.9 Å². The zero-order valence-corrected chi connectivity index (χ0v) is 18.8. The SMILES string of the molecule is COc1ccc(S(=O)(=O)Nc2cc(N=NC(=O)c3cccc(N)c3)c(O)c3ccccc23)cc1. The number of carbonyl (C=O) groups is 1. The Morgan fingerprint density at radius 1 is 0.971 bits per heavy atom. The second kappa shape index (κ2) is 9.20. The number of fused-ring (bicyclic) bond motifs is 1. The van der Waals surface area contributed by atoms with Crippen LogP contribution < -0.4 is 15.2 Å². The molecule has 4 rings (SSSR count). The normalized spacial score (nSPS) is 11.6. The van der Waals surface area contributed by atoms with Crippen molar-refractivity contribution in [3.05, 3.63) is 84.4 Å². The van der Waals surface area contributed by atoms with Crippen LogP contribution in [0.15, 0.2) is 94.0 Å². The molecule has 4 N–H and O–H groups in total. The molecule has 0 heterocycles. The van der Waals surface area contributed by atoms with Crippen LogP contribution in [-0.2, 0) is 10.0 Å². The molecule has 0 saturated carbocycles. The molecule has 34 heavy (non-hydrogen) atoms. The highest BCUT2D eigenvalue weighted by molar-refractivity contribution is 7.92. The second-order valence-electron chi connectivity index (χ2n) is 7.25. The third-order valence-corrected chi connectivity index (χ3v) is 6.37. The van der Waals surface area contributed by atoms with Gasteiger partial charge in [0.25, 0.3) is 15.9 Å². The summed E-state index contributed by atoms with van der Waals surface area (Å²) in [6.45, 7) is 0. The number of benzene rings is 4. The maximum atomic E-state index is 13.0. The van der Waals surface area contributed by atoms with Gasteiger partial charge in [-0.3, -0.25) is 9.52 Å². The lowest BCUT2D eigenvalue weighted by Gasteiger charge is -2.13. The molecule has 0 atom stereocenters. The van der Waals surface area contributed by atoms with Crippen LogP contribution in [0.5, 0.6) is 11.5 Å². The number of hydrogen-bond donors (Lipinski definition) is 3. The van der Waals surface area contributed by atoms with Crippen LogP contribution in [0.25, 0.3) is 10.8 Å². The number of hydrogen-bond acceptors (Lipinski definition) is 7. The summed E-state index contributed by atoms with van der Waals surface area (Å²) in [5.74, 6) is -0.395. The average molecular weight is 477 g/mol. The van der Waals surface area contributed by atoms with Gasteiger partial charge in [0.15, 0.2) is 5.75 Å². The van der Waals surface area contributed by atoms with Gasteiger partial charge in [0.2, 0.25) is 0 Å². The topological polar surface area (TPSA) is 143 Å². The van der Waals surface area contributed by atoms with Crippen LogP contribution in [-0.4, -0.2) is 26.5 Å². The van der Waals surface area contributed by atoms with Crippen molar-refractivity contribution < 1.29 is 23.1 Å². The van der Waals surface area contributed by atoms with Crippen molar-refractivity contribution in [2.75, 3.05) is 17.6 Å². The molecule has 0 spiro atoms. The van der Waals surface area contributed by atoms with Crippen molar-refractivity contribution in [2.24, 2.45) is 10.2 Å². The maximum Gasteiger partial charge on any atom is 0.295 e. The quantitative estimate of drug-likeness (QED) is 0.206. The summed E-state index contributed by atoms with van der Waals surface area (Å²) in [6.07, 6.45) is 0. The van der Waals surface area contributed by atoms with Gasteiger partial charge in [0.1, 0.15) is 11.4 Å². The van der Waals surface area contributed by atoms with E-state index in [-0.39, 0.29) is 27.6 Å². The van der Waals surface area contributed by atoms with E-state index in [9.17, 15) is 18.3 Å². The number of phenolic OH excluding ortho intramolecular Hbond substituents is 1. The Labute approximate surface area is 195 Å². The summed E-state index contributed by atoms with van der Waals surface area (Å²) in [6, 6.07) is 20.1. The number of nitrogens with two attached hydrogens (primary N) is 1. The fraction of sp³-hybridized carbons (Fsp3) is 0.0417. The van der Waals surface area contributed by atoms with E-state index in [2.05, 4.69) is 15.0 Å². The molecule has 0 fully saturated rings. The standard InChI is InChI=1S/C24H20N4O5S/c1-33-17-9-11-18(12-10-17)34(31,32)28-21-14-22(23(29)20-8-3-2-7-19(20)21)26-27-24(30)15-5-4-6-16(25)13-15/h2-14,28-29H,25H2,1H3. The zero-order valence-electron chi connectivity index (χ0n) is 18.0. The van der Waals surface area contributed by atoms with Crippen molar-refractivity contribution in [2.45, 2.75) is 4.90 Å². The van der Waals surface area contributed by atoms with Crippen molar-refractivity contribution in [3.8, 4) is 11.5 Å². The molecule has 0 aliphatic rings. The van der Waals surface area contributed by atoms with Gasteiger partial charge in [-0.2, -0.15) is 0 Å². The molecule has 0 aromatic heterocycles. The number of carbonyl (C=O) groups excluding carboxylic acids is 1. The Kier molecular flexibility index (Phi) is 6.15. The van der Waals surface area contributed by atoms with Gasteiger partial charge in [-0.15, -0.1) is 10.2 Å². The number of methoxy groups -OCH3 is 1. The fourth-order valence-electron chi connectivity index (χ4n) is 3.29. The third-order valence-electron chi connectivity index (χ3n) is 4.99. The van der Waals surface area contributed by atoms with Crippen LogP contribution in [0.3, 0.4) is 0 Å². The molecule has 1 amide bonds. The summed E-state index contributed by atoms with van der Waals surface area (Å²) in [7, 11) is -2.49. The van der Waals surface area contributed by atoms with E-state index in [1.165, 1.54) is 49.6 Å². The highest BCUT2D eigenvalue weighted by Crippen LogP contribution is 2.40. The monoisotopic (exact) mass is 476 g/mol. The molecule has 0 radical (unpaired) electrons. The summed E-state index contributed by atoms with van der Waals surface area (Å²) in [5.41, 5.74) is 6.40. The van der Waals surface area contributed by atoms with Crippen molar-refractivity contribution in [1.29, 1.82) is 0 Å². The van der Waals surface area contributed by atoms with Gasteiger partial charge < -0.3 is 15.6 Å². The molecule has 0 unspecified atom stereocenters. The Morgan fingerprint density at radius 2 is 1.68 bits per heavy atom. The number of nitrogens with zero attached hydrogens (tertiary/aromatic N) is 2. The summed E-state index contributed by atoms with van der Waals surface area (Å²) in [4.78, 5) is 12.4. The van der Waals surface area contributed by atoms with E-state index >= 15 is 0 Å². The minimum Gasteiger partial charge on any atom is -0.505 e. The van der Waals surface area contributed by atoms with Crippen molar-refractivity contribution in [1.82, 2.24) is 0 Å². The summed E-state index contributed by atoms with van der Waals surface area (Å²) in [5, 5.41) is 19.0. The number of sulfonamides is 1. The first-order valence-corrected chi connectivity index (χ1v) is 11.5. The molecule has 0 aliphatic heterocycles. The molecule has 10 heteroatoms. The zero-order chi connectivity index (χ0) is 24.3. The molecule has 4 aromatic carbocycles. The van der Waals surface area contributed by atoms with Crippen LogP contribution in [0.4, 0.5) is 17.1 Å². The first-order valence-electron chi connectivity index (χ1n) is 10.0. The molecule has 4 aromatic rings. The average Bonchev–Trinajstić information content (AvgIpc) is 2.84. The minimum absolute atomic E-state index is 0.0190. The molecule has 172 valence electrons. The largest absolute Gasteiger partial charge is 0.505 e. The molecular weight excluding hydrogens is 456 g/mol. The lowest BCUT2D eigenvalue weighted by molar-refractivity contribution is 0.0995. The van der Waals surface area contributed by atoms with E-state index in [1.807, 2.05) is 0 Å². The fourth-order valence-corrected chi connectivity index (χ4v) is 4.36. The van der Waals surface area contributed by atoms with E-state index in [0.717, 1.165) is 0 Å². The number of nitrogens with one attached hydrogen (secondary N) is 1. The Hall–Kier alpha value is -4.44. The Balaban J connectivity index is 1.74. The summed E-state index contributed by atoms with van der Waals surface area (Å²) >= 11 is 0. The molecule has 0 bridgehead atoms. The second-order valence-corrected chi connectivity index (χ2v) is 8.93. The third kappa shape index (κ3) is 4.66. The number of rotatable bonds is 6. The number of amides is 1. The van der Waals surface area contributed by atoms with E-state index in [1.54, 1.807) is 36.4 Å². The molecule has 9 nitrogen and oxygen atoms in total. The van der Waals surface area contributed by atoms with Gasteiger partial charge in [-0.05, 0) is 48.5 Å². The number of phenols is 1. The Bertz CT molecular complexity index is 1520. The van der Waals surface area contributed by atoms with Crippen LogP contribution >= 0.6 is 0 Å². The predicted octanol–water partition coefficient (Wildman–Crippen LogP) is 4.86. The number of aromatic hydroxyl groups is 1.